The lowest BCUT2D eigenvalue weighted by Crippen LogP contribution is -2.10. The van der Waals surface area contributed by atoms with E-state index in [1.165, 1.54) is 12.1 Å². The smallest absolute Gasteiger partial charge is 0.128 e. The van der Waals surface area contributed by atoms with Gasteiger partial charge in [0.1, 0.15) is 16.6 Å². The van der Waals surface area contributed by atoms with Gasteiger partial charge in [-0.25, -0.2) is 14.4 Å². The van der Waals surface area contributed by atoms with Gasteiger partial charge in [-0.3, -0.25) is 0 Å². The Morgan fingerprint density at radius 2 is 1.81 bits per heavy atom. The number of anilines is 1. The second kappa shape index (κ2) is 5.61. The van der Waals surface area contributed by atoms with Crippen LogP contribution in [0.2, 0.25) is 0 Å². The minimum absolute atomic E-state index is 0.237. The second-order valence-corrected chi connectivity index (χ2v) is 5.70. The van der Waals surface area contributed by atoms with E-state index in [0.29, 0.717) is 0 Å². The van der Waals surface area contributed by atoms with Gasteiger partial charge in [-0.2, -0.15) is 0 Å². The molecule has 0 amide bonds. The Kier molecular flexibility index (Phi) is 3.66. The molecule has 0 N–H and O–H groups in total. The predicted molar refractivity (Wildman–Crippen MR) is 85.1 cm³/mol. The molecule has 0 unspecified atom stereocenters. The third-order valence-corrected chi connectivity index (χ3v) is 3.99. The molecule has 0 spiro atoms. The number of benzene rings is 1. The van der Waals surface area contributed by atoms with Crippen LogP contribution in [0.25, 0.3) is 21.8 Å². The van der Waals surface area contributed by atoms with Crippen LogP contribution >= 0.6 is 11.3 Å². The summed E-state index contributed by atoms with van der Waals surface area (Å²) >= 11 is 1.57. The fraction of sp³-hybridized carbons (Fsp3) is 0.125. The number of thiazole rings is 1. The summed E-state index contributed by atoms with van der Waals surface area (Å²) in [4.78, 5) is 10.9. The quantitative estimate of drug-likeness (QED) is 0.730. The molecule has 1 aromatic carbocycles. The zero-order chi connectivity index (χ0) is 14.8. The lowest BCUT2D eigenvalue weighted by atomic mass is 10.2. The van der Waals surface area contributed by atoms with Crippen LogP contribution in [-0.2, 0) is 0 Å². The summed E-state index contributed by atoms with van der Waals surface area (Å²) in [6.45, 7) is 0. The molecule has 0 radical (unpaired) electrons. The summed E-state index contributed by atoms with van der Waals surface area (Å²) in [5.74, 6) is 0.657. The maximum atomic E-state index is 13.0. The van der Waals surface area contributed by atoms with Crippen molar-refractivity contribution in [3.63, 3.8) is 0 Å². The van der Waals surface area contributed by atoms with E-state index in [1.807, 2.05) is 36.5 Å². The first-order valence-corrected chi connectivity index (χ1v) is 7.36. The number of halogens is 1. The predicted octanol–water partition coefficient (Wildman–Crippen LogP) is 4.08. The van der Waals surface area contributed by atoms with Gasteiger partial charge in [0, 0.05) is 36.8 Å². The minimum atomic E-state index is -0.237. The van der Waals surface area contributed by atoms with Crippen molar-refractivity contribution in [1.29, 1.82) is 0 Å². The third-order valence-electron chi connectivity index (χ3n) is 3.09. The number of hydrogen-bond acceptors (Lipinski definition) is 4. The standard InChI is InChI=1S/C16H14FN3S/c1-20(2)15-9-12(7-8-18-15)16-19-14(10-21-16)11-3-5-13(17)6-4-11/h3-10H,1-2H3. The maximum absolute atomic E-state index is 13.0. The molecule has 3 rings (SSSR count). The van der Waals surface area contributed by atoms with Gasteiger partial charge in [0.2, 0.25) is 0 Å². The average Bonchev–Trinajstić information content (AvgIpc) is 2.98. The van der Waals surface area contributed by atoms with Gasteiger partial charge in [-0.05, 0) is 36.4 Å². The van der Waals surface area contributed by atoms with Crippen molar-refractivity contribution in [3.8, 4) is 21.8 Å². The molecule has 0 fully saturated rings. The Bertz CT molecular complexity index is 750. The number of nitrogens with zero attached hydrogens (tertiary/aromatic N) is 3. The number of rotatable bonds is 3. The van der Waals surface area contributed by atoms with Crippen LogP contribution in [0.5, 0.6) is 0 Å². The first-order chi connectivity index (χ1) is 10.1. The maximum Gasteiger partial charge on any atom is 0.128 e. The van der Waals surface area contributed by atoms with Crippen molar-refractivity contribution in [2.75, 3.05) is 19.0 Å². The van der Waals surface area contributed by atoms with E-state index in [9.17, 15) is 4.39 Å². The Balaban J connectivity index is 1.94. The summed E-state index contributed by atoms with van der Waals surface area (Å²) in [5, 5.41) is 2.91. The molecular formula is C16H14FN3S. The van der Waals surface area contributed by atoms with E-state index in [2.05, 4.69) is 9.97 Å². The topological polar surface area (TPSA) is 29.0 Å². The Morgan fingerprint density at radius 1 is 1.05 bits per heavy atom. The van der Waals surface area contributed by atoms with Crippen LogP contribution in [-0.4, -0.2) is 24.1 Å². The van der Waals surface area contributed by atoms with Crippen molar-refractivity contribution in [2.45, 2.75) is 0 Å². The van der Waals surface area contributed by atoms with Crippen LogP contribution in [0, 0.1) is 5.82 Å². The van der Waals surface area contributed by atoms with Crippen LogP contribution < -0.4 is 4.90 Å². The van der Waals surface area contributed by atoms with E-state index >= 15 is 0 Å². The fourth-order valence-corrected chi connectivity index (χ4v) is 2.78. The molecule has 0 bridgehead atoms. The van der Waals surface area contributed by atoms with E-state index in [0.717, 1.165) is 27.6 Å². The summed E-state index contributed by atoms with van der Waals surface area (Å²) in [5.41, 5.74) is 2.81. The summed E-state index contributed by atoms with van der Waals surface area (Å²) in [7, 11) is 3.91. The molecular weight excluding hydrogens is 285 g/mol. The largest absolute Gasteiger partial charge is 0.363 e. The normalized spacial score (nSPS) is 10.6. The zero-order valence-electron chi connectivity index (χ0n) is 11.7. The van der Waals surface area contributed by atoms with E-state index in [-0.39, 0.29) is 5.82 Å². The highest BCUT2D eigenvalue weighted by molar-refractivity contribution is 7.13. The molecule has 2 aromatic heterocycles. The molecule has 3 aromatic rings. The SMILES string of the molecule is CN(C)c1cc(-c2nc(-c3ccc(F)cc3)cs2)ccn1. The average molecular weight is 299 g/mol. The van der Waals surface area contributed by atoms with Gasteiger partial charge >= 0.3 is 0 Å². The molecule has 21 heavy (non-hydrogen) atoms. The van der Waals surface area contributed by atoms with E-state index in [1.54, 1.807) is 29.7 Å². The highest BCUT2D eigenvalue weighted by Gasteiger charge is 2.08. The molecule has 106 valence electrons. The number of hydrogen-bond donors (Lipinski definition) is 0. The van der Waals surface area contributed by atoms with Gasteiger partial charge in [0.25, 0.3) is 0 Å². The molecule has 3 nitrogen and oxygen atoms in total. The highest BCUT2D eigenvalue weighted by Crippen LogP contribution is 2.29. The minimum Gasteiger partial charge on any atom is -0.363 e. The van der Waals surface area contributed by atoms with Crippen molar-refractivity contribution in [2.24, 2.45) is 0 Å². The number of aromatic nitrogens is 2. The van der Waals surface area contributed by atoms with Crippen LogP contribution in [0.4, 0.5) is 10.2 Å². The van der Waals surface area contributed by atoms with Gasteiger partial charge in [-0.15, -0.1) is 11.3 Å². The molecule has 0 aliphatic rings. The van der Waals surface area contributed by atoms with Gasteiger partial charge in [-0.1, -0.05) is 0 Å². The van der Waals surface area contributed by atoms with Crippen LogP contribution in [0.1, 0.15) is 0 Å². The molecule has 0 aliphatic heterocycles. The van der Waals surface area contributed by atoms with Gasteiger partial charge < -0.3 is 4.90 Å². The van der Waals surface area contributed by atoms with Crippen molar-refractivity contribution in [3.05, 3.63) is 53.8 Å². The van der Waals surface area contributed by atoms with E-state index < -0.39 is 0 Å². The zero-order valence-corrected chi connectivity index (χ0v) is 12.6. The van der Waals surface area contributed by atoms with Crippen molar-refractivity contribution < 1.29 is 4.39 Å². The van der Waals surface area contributed by atoms with Crippen LogP contribution in [0.3, 0.4) is 0 Å². The third kappa shape index (κ3) is 2.92. The van der Waals surface area contributed by atoms with Crippen molar-refractivity contribution in [1.82, 2.24) is 9.97 Å². The number of pyridine rings is 1. The monoisotopic (exact) mass is 299 g/mol. The molecule has 2 heterocycles. The second-order valence-electron chi connectivity index (χ2n) is 4.84. The Labute approximate surface area is 126 Å². The summed E-state index contributed by atoms with van der Waals surface area (Å²) in [6.07, 6.45) is 1.78. The lowest BCUT2D eigenvalue weighted by molar-refractivity contribution is 0.628. The van der Waals surface area contributed by atoms with Gasteiger partial charge in [0.15, 0.2) is 0 Å². The summed E-state index contributed by atoms with van der Waals surface area (Å²) < 4.78 is 13.0. The van der Waals surface area contributed by atoms with Gasteiger partial charge in [0.05, 0.1) is 5.69 Å². The molecule has 0 atom stereocenters. The first-order valence-electron chi connectivity index (χ1n) is 6.49. The van der Waals surface area contributed by atoms with Crippen LogP contribution in [0.15, 0.2) is 48.0 Å². The van der Waals surface area contributed by atoms with E-state index in [4.69, 9.17) is 0 Å². The summed E-state index contributed by atoms with van der Waals surface area (Å²) in [6, 6.07) is 10.3. The lowest BCUT2D eigenvalue weighted by Gasteiger charge is -2.11. The first kappa shape index (κ1) is 13.7. The Morgan fingerprint density at radius 3 is 2.52 bits per heavy atom. The van der Waals surface area contributed by atoms with Crippen molar-refractivity contribution >= 4 is 17.2 Å². The fourth-order valence-electron chi connectivity index (χ4n) is 1.96. The highest BCUT2D eigenvalue weighted by atomic mass is 32.1. The molecule has 0 saturated heterocycles. The molecule has 5 heteroatoms. The molecule has 0 aliphatic carbocycles. The Hall–Kier alpha value is -2.27. The molecule has 0 saturated carbocycles.